The van der Waals surface area contributed by atoms with Crippen LogP contribution in [0.1, 0.15) is 51.3 Å². The fourth-order valence-electron chi connectivity index (χ4n) is 3.20. The highest BCUT2D eigenvalue weighted by molar-refractivity contribution is 5.30. The van der Waals surface area contributed by atoms with Crippen LogP contribution in [0.25, 0.3) is 0 Å². The first kappa shape index (κ1) is 12.0. The fourth-order valence-corrected chi connectivity index (χ4v) is 3.20. The molecule has 0 saturated heterocycles. The highest BCUT2D eigenvalue weighted by Crippen LogP contribution is 2.53. The molecule has 3 atom stereocenters. The Hall–Kier alpha value is -1.05. The summed E-state index contributed by atoms with van der Waals surface area (Å²) in [7, 11) is 0. The number of aromatic nitrogens is 1. The van der Waals surface area contributed by atoms with Crippen LogP contribution in [0, 0.1) is 18.8 Å². The summed E-state index contributed by atoms with van der Waals surface area (Å²) in [4.78, 5) is 4.53. The maximum Gasteiger partial charge on any atom is 0.214 e. The van der Waals surface area contributed by atoms with E-state index in [4.69, 9.17) is 4.74 Å². The second-order valence-electron chi connectivity index (χ2n) is 6.93. The number of hydrogen-bond donors (Lipinski definition) is 0. The molecule has 1 heterocycles. The molecule has 0 N–H and O–H groups in total. The topological polar surface area (TPSA) is 22.1 Å². The quantitative estimate of drug-likeness (QED) is 0.789. The van der Waals surface area contributed by atoms with Gasteiger partial charge in [0.15, 0.2) is 0 Å². The SMILES string of the molecule is Cc1cc(C(C)(C)C)cc(O[C@H]2[C@@H]3CCC[C@@H]32)n1. The standard InChI is InChI=1S/C16H23NO/c1-10-8-11(16(2,3)4)9-14(17-10)18-15-12-6-5-7-13(12)15/h8-9,12-13,15H,5-7H2,1-4H3/t12-,13+,15+. The van der Waals surface area contributed by atoms with E-state index >= 15 is 0 Å². The van der Waals surface area contributed by atoms with E-state index in [9.17, 15) is 0 Å². The van der Waals surface area contributed by atoms with E-state index in [2.05, 4.69) is 44.8 Å². The Kier molecular flexibility index (Phi) is 2.65. The van der Waals surface area contributed by atoms with Crippen molar-refractivity contribution in [2.45, 2.75) is 58.5 Å². The summed E-state index contributed by atoms with van der Waals surface area (Å²) in [5.41, 5.74) is 2.53. The van der Waals surface area contributed by atoms with Gasteiger partial charge in [0.2, 0.25) is 5.88 Å². The first-order chi connectivity index (χ1) is 8.45. The van der Waals surface area contributed by atoms with Crippen molar-refractivity contribution in [3.8, 4) is 5.88 Å². The van der Waals surface area contributed by atoms with E-state index in [-0.39, 0.29) is 5.41 Å². The van der Waals surface area contributed by atoms with Crippen molar-refractivity contribution in [3.63, 3.8) is 0 Å². The van der Waals surface area contributed by atoms with E-state index in [0.29, 0.717) is 6.10 Å². The number of hydrogen-bond acceptors (Lipinski definition) is 2. The van der Waals surface area contributed by atoms with E-state index in [1.165, 1.54) is 24.8 Å². The van der Waals surface area contributed by atoms with Crippen LogP contribution < -0.4 is 4.74 Å². The van der Waals surface area contributed by atoms with Crippen molar-refractivity contribution in [1.29, 1.82) is 0 Å². The van der Waals surface area contributed by atoms with Crippen LogP contribution >= 0.6 is 0 Å². The zero-order valence-electron chi connectivity index (χ0n) is 11.9. The summed E-state index contributed by atoms with van der Waals surface area (Å²) in [6.07, 6.45) is 4.56. The largest absolute Gasteiger partial charge is 0.474 e. The number of rotatable bonds is 2. The summed E-state index contributed by atoms with van der Waals surface area (Å²) in [5.74, 6) is 2.48. The van der Waals surface area contributed by atoms with Gasteiger partial charge in [0.05, 0.1) is 0 Å². The second-order valence-corrected chi connectivity index (χ2v) is 6.93. The van der Waals surface area contributed by atoms with Crippen molar-refractivity contribution in [2.75, 3.05) is 0 Å². The molecule has 1 aromatic rings. The van der Waals surface area contributed by atoms with Crippen LogP contribution in [0.4, 0.5) is 0 Å². The molecule has 0 radical (unpaired) electrons. The van der Waals surface area contributed by atoms with Crippen LogP contribution in [0.5, 0.6) is 5.88 Å². The fraction of sp³-hybridized carbons (Fsp3) is 0.688. The van der Waals surface area contributed by atoms with Crippen molar-refractivity contribution in [1.82, 2.24) is 4.98 Å². The highest BCUT2D eigenvalue weighted by Gasteiger charge is 2.55. The molecule has 0 aliphatic heterocycles. The monoisotopic (exact) mass is 245 g/mol. The van der Waals surface area contributed by atoms with Crippen molar-refractivity contribution < 1.29 is 4.74 Å². The van der Waals surface area contributed by atoms with Crippen LogP contribution in [0.3, 0.4) is 0 Å². The summed E-state index contributed by atoms with van der Waals surface area (Å²) in [5, 5.41) is 0. The average molecular weight is 245 g/mol. The van der Waals surface area contributed by atoms with Gasteiger partial charge in [-0.1, -0.05) is 27.2 Å². The van der Waals surface area contributed by atoms with E-state index in [1.54, 1.807) is 0 Å². The first-order valence-electron chi connectivity index (χ1n) is 7.11. The molecular weight excluding hydrogens is 222 g/mol. The molecule has 2 heteroatoms. The van der Waals surface area contributed by atoms with Gasteiger partial charge in [0, 0.05) is 23.6 Å². The maximum atomic E-state index is 6.10. The van der Waals surface area contributed by atoms with Gasteiger partial charge in [-0.15, -0.1) is 0 Å². The molecule has 2 fully saturated rings. The number of fused-ring (bicyclic) bond motifs is 1. The highest BCUT2D eigenvalue weighted by atomic mass is 16.5. The second kappa shape index (κ2) is 3.97. The zero-order valence-corrected chi connectivity index (χ0v) is 11.9. The molecule has 0 amide bonds. The lowest BCUT2D eigenvalue weighted by Gasteiger charge is -2.20. The Morgan fingerprint density at radius 1 is 1.17 bits per heavy atom. The summed E-state index contributed by atoms with van der Waals surface area (Å²) in [6.45, 7) is 8.75. The predicted molar refractivity (Wildman–Crippen MR) is 72.9 cm³/mol. The summed E-state index contributed by atoms with van der Waals surface area (Å²) in [6, 6.07) is 4.29. The first-order valence-corrected chi connectivity index (χ1v) is 7.11. The molecule has 0 aromatic carbocycles. The van der Waals surface area contributed by atoms with Crippen LogP contribution in [0.15, 0.2) is 12.1 Å². The molecule has 1 aromatic heterocycles. The van der Waals surface area contributed by atoms with Crippen molar-refractivity contribution in [2.24, 2.45) is 11.8 Å². The number of aryl methyl sites for hydroxylation is 1. The van der Waals surface area contributed by atoms with Gasteiger partial charge in [0.1, 0.15) is 6.10 Å². The smallest absolute Gasteiger partial charge is 0.214 e. The lowest BCUT2D eigenvalue weighted by molar-refractivity contribution is 0.247. The Morgan fingerprint density at radius 3 is 2.44 bits per heavy atom. The van der Waals surface area contributed by atoms with Gasteiger partial charge < -0.3 is 4.74 Å². The van der Waals surface area contributed by atoms with E-state index in [1.807, 2.05) is 0 Å². The van der Waals surface area contributed by atoms with Gasteiger partial charge in [0.25, 0.3) is 0 Å². The van der Waals surface area contributed by atoms with E-state index in [0.717, 1.165) is 23.4 Å². The third-order valence-corrected chi connectivity index (χ3v) is 4.38. The lowest BCUT2D eigenvalue weighted by atomic mass is 9.87. The average Bonchev–Trinajstić information content (AvgIpc) is 2.73. The third-order valence-electron chi connectivity index (χ3n) is 4.38. The molecule has 2 saturated carbocycles. The molecule has 2 aliphatic rings. The van der Waals surface area contributed by atoms with Crippen molar-refractivity contribution in [3.05, 3.63) is 23.4 Å². The van der Waals surface area contributed by atoms with Crippen LogP contribution in [0.2, 0.25) is 0 Å². The molecule has 2 nitrogen and oxygen atoms in total. The van der Waals surface area contributed by atoms with Gasteiger partial charge in [-0.2, -0.15) is 0 Å². The predicted octanol–water partition coefficient (Wildman–Crippen LogP) is 3.86. The molecule has 0 unspecified atom stereocenters. The lowest BCUT2D eigenvalue weighted by Crippen LogP contribution is -2.13. The molecule has 3 rings (SSSR count). The minimum atomic E-state index is 0.158. The molecule has 2 aliphatic carbocycles. The van der Waals surface area contributed by atoms with Crippen molar-refractivity contribution >= 4 is 0 Å². The van der Waals surface area contributed by atoms with Gasteiger partial charge in [-0.3, -0.25) is 0 Å². The zero-order chi connectivity index (χ0) is 12.9. The normalized spacial score (nSPS) is 30.1. The molecule has 0 spiro atoms. The van der Waals surface area contributed by atoms with Crippen LogP contribution in [-0.4, -0.2) is 11.1 Å². The van der Waals surface area contributed by atoms with Crippen LogP contribution in [-0.2, 0) is 5.41 Å². The van der Waals surface area contributed by atoms with Gasteiger partial charge in [-0.25, -0.2) is 4.98 Å². The maximum absolute atomic E-state index is 6.10. The Labute approximate surface area is 110 Å². The Bertz CT molecular complexity index is 451. The summed E-state index contributed by atoms with van der Waals surface area (Å²) >= 11 is 0. The Balaban J connectivity index is 1.78. The summed E-state index contributed by atoms with van der Waals surface area (Å²) < 4.78 is 6.10. The van der Waals surface area contributed by atoms with Gasteiger partial charge in [-0.05, 0) is 36.8 Å². The third kappa shape index (κ3) is 2.13. The number of nitrogens with zero attached hydrogens (tertiary/aromatic N) is 1. The van der Waals surface area contributed by atoms with E-state index < -0.39 is 0 Å². The minimum Gasteiger partial charge on any atom is -0.474 e. The molecule has 18 heavy (non-hydrogen) atoms. The molecule has 0 bridgehead atoms. The Morgan fingerprint density at radius 2 is 1.83 bits per heavy atom. The number of ether oxygens (including phenoxy) is 1. The molecular formula is C16H23NO. The molecule has 98 valence electrons. The van der Waals surface area contributed by atoms with Gasteiger partial charge >= 0.3 is 0 Å². The minimum absolute atomic E-state index is 0.158. The number of pyridine rings is 1.